The van der Waals surface area contributed by atoms with E-state index in [1.165, 1.54) is 0 Å². The fraction of sp³-hybridized carbons (Fsp3) is 0.600. The zero-order chi connectivity index (χ0) is 11.8. The topological polar surface area (TPSA) is 69.6 Å². The van der Waals surface area contributed by atoms with Crippen molar-refractivity contribution in [1.82, 2.24) is 25.1 Å². The lowest BCUT2D eigenvalue weighted by molar-refractivity contribution is 0.361. The summed E-state index contributed by atoms with van der Waals surface area (Å²) in [5.41, 5.74) is 0.951. The van der Waals surface area contributed by atoms with Gasteiger partial charge < -0.3 is 4.52 Å². The largest absolute Gasteiger partial charge is 0.337 e. The van der Waals surface area contributed by atoms with Crippen LogP contribution in [0.1, 0.15) is 38.2 Å². The third-order valence-corrected chi connectivity index (χ3v) is 2.17. The summed E-state index contributed by atoms with van der Waals surface area (Å²) in [4.78, 5) is 4.11. The van der Waals surface area contributed by atoms with Crippen molar-refractivity contribution in [2.24, 2.45) is 0 Å². The minimum absolute atomic E-state index is 0.00299. The van der Waals surface area contributed by atoms with Crippen molar-refractivity contribution in [3.8, 4) is 0 Å². The molecule has 16 heavy (non-hydrogen) atoms. The smallest absolute Gasteiger partial charge is 0.248 e. The highest BCUT2D eigenvalue weighted by molar-refractivity contribution is 5.06. The van der Waals surface area contributed by atoms with Crippen LogP contribution in [0.2, 0.25) is 0 Å². The van der Waals surface area contributed by atoms with Crippen molar-refractivity contribution in [3.63, 3.8) is 0 Å². The Balaban J connectivity index is 2.14. The van der Waals surface area contributed by atoms with Crippen LogP contribution < -0.4 is 0 Å². The minimum atomic E-state index is 0.00299. The quantitative estimate of drug-likeness (QED) is 0.764. The third kappa shape index (κ3) is 2.26. The van der Waals surface area contributed by atoms with Crippen molar-refractivity contribution >= 4 is 0 Å². The van der Waals surface area contributed by atoms with Gasteiger partial charge in [0.15, 0.2) is 5.82 Å². The van der Waals surface area contributed by atoms with E-state index in [-0.39, 0.29) is 5.41 Å². The molecule has 0 aliphatic heterocycles. The normalized spacial score (nSPS) is 12.0. The van der Waals surface area contributed by atoms with Crippen molar-refractivity contribution < 1.29 is 4.52 Å². The number of aromatic nitrogens is 5. The summed E-state index contributed by atoms with van der Waals surface area (Å²) >= 11 is 0. The first kappa shape index (κ1) is 10.8. The molecule has 2 rings (SSSR count). The summed E-state index contributed by atoms with van der Waals surface area (Å²) in [5.74, 6) is 1.18. The average Bonchev–Trinajstić information content (AvgIpc) is 2.74. The summed E-state index contributed by atoms with van der Waals surface area (Å²) in [6.07, 6.45) is 1.90. The maximum atomic E-state index is 5.01. The zero-order valence-corrected chi connectivity index (χ0v) is 9.93. The molecule has 0 aliphatic carbocycles. The van der Waals surface area contributed by atoms with Gasteiger partial charge in [-0.2, -0.15) is 4.98 Å². The van der Waals surface area contributed by atoms with Crippen LogP contribution in [-0.4, -0.2) is 25.1 Å². The fourth-order valence-corrected chi connectivity index (χ4v) is 1.26. The van der Waals surface area contributed by atoms with Crippen molar-refractivity contribution in [2.75, 3.05) is 0 Å². The molecule has 2 aromatic heterocycles. The zero-order valence-electron chi connectivity index (χ0n) is 9.93. The van der Waals surface area contributed by atoms with Gasteiger partial charge in [-0.25, -0.2) is 4.68 Å². The van der Waals surface area contributed by atoms with E-state index in [1.54, 1.807) is 11.6 Å². The predicted molar refractivity (Wildman–Crippen MR) is 56.9 cm³/mol. The second-order valence-electron chi connectivity index (χ2n) is 4.79. The number of hydrogen-bond acceptors (Lipinski definition) is 5. The summed E-state index contributed by atoms with van der Waals surface area (Å²) in [6.45, 7) is 8.54. The van der Waals surface area contributed by atoms with Crippen LogP contribution >= 0.6 is 0 Å². The Labute approximate surface area is 93.7 Å². The van der Waals surface area contributed by atoms with Crippen LogP contribution in [0.25, 0.3) is 0 Å². The third-order valence-electron chi connectivity index (χ3n) is 2.17. The molecule has 6 heteroatoms. The van der Waals surface area contributed by atoms with Gasteiger partial charge in [0.05, 0.1) is 5.69 Å². The van der Waals surface area contributed by atoms with Gasteiger partial charge in [-0.1, -0.05) is 31.1 Å². The molecule has 86 valence electrons. The van der Waals surface area contributed by atoms with E-state index >= 15 is 0 Å². The summed E-state index contributed by atoms with van der Waals surface area (Å²) in [7, 11) is 0. The van der Waals surface area contributed by atoms with Gasteiger partial charge in [0.2, 0.25) is 5.89 Å². The molecule has 0 aliphatic rings. The Morgan fingerprint density at radius 3 is 2.62 bits per heavy atom. The van der Waals surface area contributed by atoms with E-state index in [1.807, 2.05) is 6.20 Å². The van der Waals surface area contributed by atoms with Crippen LogP contribution in [0.5, 0.6) is 0 Å². The predicted octanol–water partition coefficient (Wildman–Crippen LogP) is 1.32. The van der Waals surface area contributed by atoms with Crippen molar-refractivity contribution in [1.29, 1.82) is 0 Å². The lowest BCUT2D eigenvalue weighted by atomic mass is 9.93. The summed E-state index contributed by atoms with van der Waals surface area (Å²) in [5, 5.41) is 11.9. The molecule has 0 amide bonds. The summed E-state index contributed by atoms with van der Waals surface area (Å²) in [6, 6.07) is 0. The van der Waals surface area contributed by atoms with E-state index in [0.717, 1.165) is 5.69 Å². The Bertz CT molecular complexity index is 479. The minimum Gasteiger partial charge on any atom is -0.337 e. The Morgan fingerprint density at radius 2 is 2.12 bits per heavy atom. The highest BCUT2D eigenvalue weighted by Crippen LogP contribution is 2.18. The number of hydrogen-bond donors (Lipinski definition) is 0. The maximum absolute atomic E-state index is 5.01. The van der Waals surface area contributed by atoms with Gasteiger partial charge in [-0.05, 0) is 6.92 Å². The Kier molecular flexibility index (Phi) is 2.49. The first-order valence-corrected chi connectivity index (χ1v) is 5.15. The van der Waals surface area contributed by atoms with Crippen molar-refractivity contribution in [2.45, 2.75) is 39.7 Å². The second kappa shape index (κ2) is 3.70. The molecule has 0 saturated carbocycles. The molecule has 0 N–H and O–H groups in total. The molecule has 2 heterocycles. The lowest BCUT2D eigenvalue weighted by Crippen LogP contribution is -2.11. The lowest BCUT2D eigenvalue weighted by Gasteiger charge is -2.12. The van der Waals surface area contributed by atoms with Crippen LogP contribution in [0.4, 0.5) is 0 Å². The molecule has 0 spiro atoms. The molecule has 0 radical (unpaired) electrons. The molecule has 0 bridgehead atoms. The molecule has 0 unspecified atom stereocenters. The first-order chi connectivity index (χ1) is 7.45. The van der Waals surface area contributed by atoms with Gasteiger partial charge >= 0.3 is 0 Å². The number of rotatable bonds is 2. The summed E-state index contributed by atoms with van der Waals surface area (Å²) < 4.78 is 6.72. The van der Waals surface area contributed by atoms with E-state index in [2.05, 4.69) is 41.2 Å². The molecular formula is C10H15N5O. The monoisotopic (exact) mass is 221 g/mol. The van der Waals surface area contributed by atoms with Gasteiger partial charge in [0.25, 0.3) is 0 Å². The van der Waals surface area contributed by atoms with Crippen LogP contribution in [0, 0.1) is 6.92 Å². The van der Waals surface area contributed by atoms with E-state index in [0.29, 0.717) is 18.3 Å². The SMILES string of the molecule is Cc1noc(Cn2cc(C(C)(C)C)nn2)n1. The fourth-order valence-electron chi connectivity index (χ4n) is 1.26. The van der Waals surface area contributed by atoms with Crippen LogP contribution in [-0.2, 0) is 12.0 Å². The average molecular weight is 221 g/mol. The second-order valence-corrected chi connectivity index (χ2v) is 4.79. The first-order valence-electron chi connectivity index (χ1n) is 5.15. The highest BCUT2D eigenvalue weighted by atomic mass is 16.5. The molecule has 0 aromatic carbocycles. The van der Waals surface area contributed by atoms with E-state index in [4.69, 9.17) is 4.52 Å². The van der Waals surface area contributed by atoms with Gasteiger partial charge in [-0.15, -0.1) is 5.10 Å². The van der Waals surface area contributed by atoms with Crippen LogP contribution in [0.3, 0.4) is 0 Å². The molecular weight excluding hydrogens is 206 g/mol. The Hall–Kier alpha value is -1.72. The molecule has 0 fully saturated rings. The maximum Gasteiger partial charge on any atom is 0.248 e. The van der Waals surface area contributed by atoms with Gasteiger partial charge in [-0.3, -0.25) is 0 Å². The molecule has 0 saturated heterocycles. The number of aryl methyl sites for hydroxylation is 1. The van der Waals surface area contributed by atoms with Gasteiger partial charge in [0.1, 0.15) is 6.54 Å². The van der Waals surface area contributed by atoms with E-state index in [9.17, 15) is 0 Å². The van der Waals surface area contributed by atoms with E-state index < -0.39 is 0 Å². The van der Waals surface area contributed by atoms with Crippen molar-refractivity contribution in [3.05, 3.63) is 23.6 Å². The van der Waals surface area contributed by atoms with Gasteiger partial charge in [0, 0.05) is 11.6 Å². The molecule has 2 aromatic rings. The standard InChI is InChI=1S/C10H15N5O/c1-7-11-9(16-13-7)6-15-5-8(12-14-15)10(2,3)4/h5H,6H2,1-4H3. The molecule has 6 nitrogen and oxygen atoms in total. The van der Waals surface area contributed by atoms with Crippen LogP contribution in [0.15, 0.2) is 10.7 Å². The molecule has 0 atom stereocenters. The Morgan fingerprint density at radius 1 is 1.38 bits per heavy atom. The number of nitrogens with zero attached hydrogens (tertiary/aromatic N) is 5. The highest BCUT2D eigenvalue weighted by Gasteiger charge is 2.18.